The molecular weight excluding hydrogens is 386 g/mol. The second-order valence-electron chi connectivity index (χ2n) is 6.63. The number of Topliss-reactive ketones (excluding diaryl/α,β-unsaturated/α-hetero) is 1. The fourth-order valence-electron chi connectivity index (χ4n) is 3.51. The van der Waals surface area contributed by atoms with Gasteiger partial charge in [-0.2, -0.15) is 0 Å². The number of allylic oxidation sites excluding steroid dienone is 1. The van der Waals surface area contributed by atoms with Gasteiger partial charge in [-0.3, -0.25) is 14.4 Å². The summed E-state index contributed by atoms with van der Waals surface area (Å²) in [6.07, 6.45) is 0. The van der Waals surface area contributed by atoms with E-state index >= 15 is 0 Å². The summed E-state index contributed by atoms with van der Waals surface area (Å²) in [5.41, 5.74) is 2.51. The Labute approximate surface area is 173 Å². The van der Waals surface area contributed by atoms with Gasteiger partial charge >= 0.3 is 0 Å². The van der Waals surface area contributed by atoms with Crippen LogP contribution in [0.4, 0.5) is 5.69 Å². The van der Waals surface area contributed by atoms with Gasteiger partial charge in [0.25, 0.3) is 5.91 Å². The van der Waals surface area contributed by atoms with Gasteiger partial charge in [0, 0.05) is 28.6 Å². The number of imide groups is 1. The molecule has 0 aliphatic carbocycles. The van der Waals surface area contributed by atoms with Gasteiger partial charge in [0.05, 0.1) is 11.3 Å². The Hall–Kier alpha value is -3.50. The molecule has 142 valence electrons. The lowest BCUT2D eigenvalue weighted by Gasteiger charge is -2.13. The van der Waals surface area contributed by atoms with Crippen molar-refractivity contribution in [3.05, 3.63) is 101 Å². The summed E-state index contributed by atoms with van der Waals surface area (Å²) in [7, 11) is 0. The third-order valence-electron chi connectivity index (χ3n) is 4.79. The van der Waals surface area contributed by atoms with Gasteiger partial charge in [-0.05, 0) is 23.8 Å². The third kappa shape index (κ3) is 3.28. The van der Waals surface area contributed by atoms with E-state index in [0.29, 0.717) is 27.4 Å². The first-order valence-corrected chi connectivity index (χ1v) is 9.41. The second kappa shape index (κ2) is 7.49. The molecule has 0 aromatic heterocycles. The van der Waals surface area contributed by atoms with Crippen LogP contribution in [0, 0.1) is 0 Å². The monoisotopic (exact) mass is 401 g/mol. The SMILES string of the molecule is CC(=O)N1C(=O)/C(=C(/C(=O)c2ccccc2)c2ccc(Cl)cc2)c2ccccc21. The van der Waals surface area contributed by atoms with Crippen LogP contribution in [0.15, 0.2) is 78.9 Å². The van der Waals surface area contributed by atoms with Gasteiger partial charge in [0.2, 0.25) is 5.91 Å². The number of ketones is 1. The number of halogens is 1. The maximum absolute atomic E-state index is 13.5. The highest BCUT2D eigenvalue weighted by molar-refractivity contribution is 6.51. The van der Waals surface area contributed by atoms with E-state index in [2.05, 4.69) is 0 Å². The molecule has 2 amide bonds. The number of fused-ring (bicyclic) bond motifs is 1. The molecule has 0 bridgehead atoms. The van der Waals surface area contributed by atoms with Crippen LogP contribution in [0.5, 0.6) is 0 Å². The lowest BCUT2D eigenvalue weighted by molar-refractivity contribution is -0.122. The molecule has 0 unspecified atom stereocenters. The summed E-state index contributed by atoms with van der Waals surface area (Å²) in [5, 5.41) is 0.522. The highest BCUT2D eigenvalue weighted by Crippen LogP contribution is 2.42. The molecule has 0 atom stereocenters. The topological polar surface area (TPSA) is 54.5 Å². The maximum Gasteiger partial charge on any atom is 0.266 e. The zero-order chi connectivity index (χ0) is 20.5. The molecule has 0 saturated heterocycles. The predicted molar refractivity (Wildman–Crippen MR) is 114 cm³/mol. The van der Waals surface area contributed by atoms with Crippen molar-refractivity contribution in [3.8, 4) is 0 Å². The Morgan fingerprint density at radius 1 is 0.793 bits per heavy atom. The lowest BCUT2D eigenvalue weighted by Crippen LogP contribution is -2.31. The van der Waals surface area contributed by atoms with Crippen LogP contribution in [-0.4, -0.2) is 17.6 Å². The average molecular weight is 402 g/mol. The molecule has 3 aromatic carbocycles. The number of rotatable bonds is 3. The van der Waals surface area contributed by atoms with Gasteiger partial charge in [0.1, 0.15) is 0 Å². The first kappa shape index (κ1) is 18.8. The third-order valence-corrected chi connectivity index (χ3v) is 5.04. The first-order chi connectivity index (χ1) is 14.0. The number of hydrogen-bond donors (Lipinski definition) is 0. The van der Waals surface area contributed by atoms with Crippen LogP contribution in [0.3, 0.4) is 0 Å². The Kier molecular flexibility index (Phi) is 4.87. The van der Waals surface area contributed by atoms with Crippen molar-refractivity contribution in [3.63, 3.8) is 0 Å². The number of hydrogen-bond acceptors (Lipinski definition) is 3. The van der Waals surface area contributed by atoms with Gasteiger partial charge < -0.3 is 0 Å². The molecule has 0 spiro atoms. The average Bonchev–Trinajstić information content (AvgIpc) is 3.02. The van der Waals surface area contributed by atoms with E-state index in [1.807, 2.05) is 6.07 Å². The molecule has 5 heteroatoms. The van der Waals surface area contributed by atoms with E-state index in [1.54, 1.807) is 72.8 Å². The van der Waals surface area contributed by atoms with E-state index in [4.69, 9.17) is 11.6 Å². The molecule has 1 aliphatic heterocycles. The van der Waals surface area contributed by atoms with Gasteiger partial charge in [0.15, 0.2) is 5.78 Å². The Bertz CT molecular complexity index is 1160. The van der Waals surface area contributed by atoms with Gasteiger partial charge in [-0.1, -0.05) is 72.3 Å². The minimum atomic E-state index is -0.507. The summed E-state index contributed by atoms with van der Waals surface area (Å²) >= 11 is 6.03. The van der Waals surface area contributed by atoms with Crippen LogP contribution < -0.4 is 4.90 Å². The molecule has 4 nitrogen and oxygen atoms in total. The van der Waals surface area contributed by atoms with Gasteiger partial charge in [-0.15, -0.1) is 0 Å². The smallest absolute Gasteiger partial charge is 0.266 e. The van der Waals surface area contributed by atoms with Crippen molar-refractivity contribution in [1.82, 2.24) is 0 Å². The van der Waals surface area contributed by atoms with Crippen molar-refractivity contribution in [2.24, 2.45) is 0 Å². The highest BCUT2D eigenvalue weighted by Gasteiger charge is 2.38. The summed E-state index contributed by atoms with van der Waals surface area (Å²) in [4.78, 5) is 40.1. The fraction of sp³-hybridized carbons (Fsp3) is 0.0417. The quantitative estimate of drug-likeness (QED) is 0.457. The highest BCUT2D eigenvalue weighted by atomic mass is 35.5. The van der Waals surface area contributed by atoms with E-state index in [9.17, 15) is 14.4 Å². The number of benzene rings is 3. The Morgan fingerprint density at radius 2 is 1.41 bits per heavy atom. The second-order valence-corrected chi connectivity index (χ2v) is 7.07. The fourth-order valence-corrected chi connectivity index (χ4v) is 3.64. The molecule has 3 aromatic rings. The van der Waals surface area contributed by atoms with Crippen LogP contribution in [0.1, 0.15) is 28.4 Å². The molecule has 0 radical (unpaired) electrons. The van der Waals surface area contributed by atoms with Crippen LogP contribution >= 0.6 is 11.6 Å². The summed E-state index contributed by atoms with van der Waals surface area (Å²) < 4.78 is 0. The standard InChI is InChI=1S/C24H16ClNO3/c1-15(27)26-20-10-6-5-9-19(20)22(24(26)29)21(16-11-13-18(25)14-12-16)23(28)17-7-3-2-4-8-17/h2-14H,1H3/b22-21+. The molecule has 1 heterocycles. The minimum absolute atomic E-state index is 0.215. The molecule has 0 fully saturated rings. The van der Waals surface area contributed by atoms with Gasteiger partial charge in [-0.25, -0.2) is 4.90 Å². The van der Waals surface area contributed by atoms with Crippen molar-refractivity contribution in [1.29, 1.82) is 0 Å². The number of para-hydroxylation sites is 1. The number of carbonyl (C=O) groups is 3. The normalized spacial score (nSPS) is 14.6. The Balaban J connectivity index is 2.04. The van der Waals surface area contributed by atoms with Crippen LogP contribution in [0.2, 0.25) is 5.02 Å². The summed E-state index contributed by atoms with van der Waals surface area (Å²) in [6.45, 7) is 1.33. The van der Waals surface area contributed by atoms with Crippen molar-refractivity contribution >= 4 is 46.0 Å². The molecule has 29 heavy (non-hydrogen) atoms. The van der Waals surface area contributed by atoms with E-state index in [-0.39, 0.29) is 16.9 Å². The van der Waals surface area contributed by atoms with Crippen molar-refractivity contribution in [2.45, 2.75) is 6.92 Å². The number of nitrogens with zero attached hydrogens (tertiary/aromatic N) is 1. The maximum atomic E-state index is 13.5. The number of carbonyl (C=O) groups excluding carboxylic acids is 3. The van der Waals surface area contributed by atoms with E-state index in [1.165, 1.54) is 6.92 Å². The summed E-state index contributed by atoms with van der Waals surface area (Å²) in [5.74, 6) is -1.20. The lowest BCUT2D eigenvalue weighted by atomic mass is 9.89. The number of anilines is 1. The largest absolute Gasteiger partial charge is 0.289 e. The Morgan fingerprint density at radius 3 is 2.07 bits per heavy atom. The first-order valence-electron chi connectivity index (χ1n) is 9.03. The summed E-state index contributed by atoms with van der Waals surface area (Å²) in [6, 6.07) is 22.5. The van der Waals surface area contributed by atoms with E-state index in [0.717, 1.165) is 4.90 Å². The molecule has 0 N–H and O–H groups in total. The molecule has 1 aliphatic rings. The zero-order valence-electron chi connectivity index (χ0n) is 15.6. The van der Waals surface area contributed by atoms with Crippen LogP contribution in [-0.2, 0) is 9.59 Å². The zero-order valence-corrected chi connectivity index (χ0v) is 16.3. The van der Waals surface area contributed by atoms with Crippen molar-refractivity contribution < 1.29 is 14.4 Å². The van der Waals surface area contributed by atoms with Crippen LogP contribution in [0.25, 0.3) is 11.1 Å². The van der Waals surface area contributed by atoms with Crippen molar-refractivity contribution in [2.75, 3.05) is 4.90 Å². The number of amides is 2. The predicted octanol–water partition coefficient (Wildman–Crippen LogP) is 5.03. The molecular formula is C24H16ClNO3. The molecule has 0 saturated carbocycles. The van der Waals surface area contributed by atoms with E-state index < -0.39 is 11.8 Å². The molecule has 4 rings (SSSR count). The minimum Gasteiger partial charge on any atom is -0.289 e.